The van der Waals surface area contributed by atoms with Crippen molar-refractivity contribution in [3.63, 3.8) is 0 Å². The smallest absolute Gasteiger partial charge is 0.0836 e. The molecule has 1 N–H and O–H groups in total. The van der Waals surface area contributed by atoms with Crippen LogP contribution >= 0.6 is 0 Å². The van der Waals surface area contributed by atoms with Gasteiger partial charge < -0.3 is 9.84 Å². The van der Waals surface area contributed by atoms with Gasteiger partial charge in [-0.05, 0) is 25.7 Å². The molecule has 0 saturated carbocycles. The van der Waals surface area contributed by atoms with Crippen molar-refractivity contribution in [2.45, 2.75) is 37.9 Å². The maximum Gasteiger partial charge on any atom is 0.0836 e. The molecule has 1 heterocycles. The Labute approximate surface area is 67.9 Å². The van der Waals surface area contributed by atoms with Gasteiger partial charge in [0.1, 0.15) is 0 Å². The topological polar surface area (TPSA) is 29.5 Å². The Bertz CT molecular complexity index is 123. The van der Waals surface area contributed by atoms with E-state index in [2.05, 4.69) is 6.58 Å². The van der Waals surface area contributed by atoms with E-state index in [1.807, 2.05) is 6.08 Å². The van der Waals surface area contributed by atoms with Gasteiger partial charge in [0, 0.05) is 6.61 Å². The molecule has 1 fully saturated rings. The molecule has 0 spiro atoms. The van der Waals surface area contributed by atoms with Crippen LogP contribution in [0.5, 0.6) is 0 Å². The molecule has 1 aliphatic rings. The number of allylic oxidation sites excluding steroid dienone is 1. The number of aliphatic hydroxyl groups is 1. The number of hydrogen-bond acceptors (Lipinski definition) is 2. The largest absolute Gasteiger partial charge is 0.390 e. The minimum Gasteiger partial charge on any atom is -0.390 e. The predicted molar refractivity (Wildman–Crippen MR) is 44.4 cm³/mol. The fourth-order valence-electron chi connectivity index (χ4n) is 1.38. The van der Waals surface area contributed by atoms with Crippen LogP contribution in [-0.2, 0) is 4.74 Å². The molecule has 0 aromatic heterocycles. The lowest BCUT2D eigenvalue weighted by molar-refractivity contribution is -0.0762. The lowest BCUT2D eigenvalue weighted by Crippen LogP contribution is -2.33. The fraction of sp³-hybridized carbons (Fsp3) is 0.778. The van der Waals surface area contributed by atoms with Crippen molar-refractivity contribution in [3.8, 4) is 0 Å². The minimum atomic E-state index is -0.247. The van der Waals surface area contributed by atoms with E-state index in [0.29, 0.717) is 0 Å². The van der Waals surface area contributed by atoms with E-state index in [4.69, 9.17) is 4.74 Å². The summed E-state index contributed by atoms with van der Waals surface area (Å²) in [6, 6.07) is 0. The quantitative estimate of drug-likeness (QED) is 0.627. The molecule has 11 heavy (non-hydrogen) atoms. The summed E-state index contributed by atoms with van der Waals surface area (Å²) in [7, 11) is 0. The Hall–Kier alpha value is -0.340. The number of ether oxygens (including phenoxy) is 1. The predicted octanol–water partition coefficient (Wildman–Crippen LogP) is 1.49. The Morgan fingerprint density at radius 2 is 2.45 bits per heavy atom. The van der Waals surface area contributed by atoms with Crippen LogP contribution in [0.2, 0.25) is 0 Å². The third-order valence-electron chi connectivity index (χ3n) is 2.06. The highest BCUT2D eigenvalue weighted by Crippen LogP contribution is 2.17. The van der Waals surface area contributed by atoms with Gasteiger partial charge in [0.15, 0.2) is 0 Å². The van der Waals surface area contributed by atoms with Crippen molar-refractivity contribution in [1.82, 2.24) is 0 Å². The van der Waals surface area contributed by atoms with E-state index in [-0.39, 0.29) is 12.2 Å². The van der Waals surface area contributed by atoms with Crippen molar-refractivity contribution < 1.29 is 9.84 Å². The number of rotatable bonds is 3. The average Bonchev–Trinajstić information content (AvgIpc) is 2.03. The maximum atomic E-state index is 9.44. The van der Waals surface area contributed by atoms with E-state index < -0.39 is 0 Å². The molecule has 64 valence electrons. The standard InChI is InChI=1S/C9H16O2/c1-2-3-6-9-8(10)5-4-7-11-9/h2,8-10H,1,3-7H2/t8-,9+/m0/s1. The molecular weight excluding hydrogens is 140 g/mol. The average molecular weight is 156 g/mol. The van der Waals surface area contributed by atoms with Crippen LogP contribution < -0.4 is 0 Å². The van der Waals surface area contributed by atoms with Gasteiger partial charge in [-0.1, -0.05) is 6.08 Å². The molecule has 0 unspecified atom stereocenters. The van der Waals surface area contributed by atoms with Gasteiger partial charge in [-0.2, -0.15) is 0 Å². The van der Waals surface area contributed by atoms with E-state index in [0.717, 1.165) is 32.3 Å². The zero-order valence-electron chi connectivity index (χ0n) is 6.83. The summed E-state index contributed by atoms with van der Waals surface area (Å²) in [4.78, 5) is 0. The molecule has 1 aliphatic heterocycles. The Balaban J connectivity index is 2.23. The summed E-state index contributed by atoms with van der Waals surface area (Å²) in [6.07, 6.45) is 5.40. The number of hydrogen-bond donors (Lipinski definition) is 1. The molecule has 0 bridgehead atoms. The van der Waals surface area contributed by atoms with Gasteiger partial charge in [0.05, 0.1) is 12.2 Å². The van der Waals surface area contributed by atoms with Crippen molar-refractivity contribution >= 4 is 0 Å². The van der Waals surface area contributed by atoms with Crippen LogP contribution in [0.1, 0.15) is 25.7 Å². The highest BCUT2D eigenvalue weighted by molar-refractivity contribution is 4.77. The van der Waals surface area contributed by atoms with E-state index >= 15 is 0 Å². The summed E-state index contributed by atoms with van der Waals surface area (Å²) in [5, 5.41) is 9.44. The number of aliphatic hydroxyl groups excluding tert-OH is 1. The van der Waals surface area contributed by atoms with Crippen LogP contribution in [0.3, 0.4) is 0 Å². The van der Waals surface area contributed by atoms with Gasteiger partial charge in [-0.25, -0.2) is 0 Å². The molecule has 1 rings (SSSR count). The van der Waals surface area contributed by atoms with Crippen LogP contribution in [0, 0.1) is 0 Å². The van der Waals surface area contributed by atoms with Gasteiger partial charge in [-0.3, -0.25) is 0 Å². The van der Waals surface area contributed by atoms with Gasteiger partial charge >= 0.3 is 0 Å². The zero-order valence-corrected chi connectivity index (χ0v) is 6.83. The summed E-state index contributed by atoms with van der Waals surface area (Å²) < 4.78 is 5.39. The van der Waals surface area contributed by atoms with Crippen LogP contribution in [0.4, 0.5) is 0 Å². The Kier molecular flexibility index (Phi) is 3.60. The molecule has 0 aromatic rings. The Morgan fingerprint density at radius 1 is 1.64 bits per heavy atom. The van der Waals surface area contributed by atoms with Crippen LogP contribution in [-0.4, -0.2) is 23.9 Å². The third kappa shape index (κ3) is 2.64. The van der Waals surface area contributed by atoms with Gasteiger partial charge in [0.25, 0.3) is 0 Å². The zero-order chi connectivity index (χ0) is 8.10. The van der Waals surface area contributed by atoms with Crippen LogP contribution in [0.25, 0.3) is 0 Å². The van der Waals surface area contributed by atoms with Crippen molar-refractivity contribution in [1.29, 1.82) is 0 Å². The minimum absolute atomic E-state index is 0.0572. The normalized spacial score (nSPS) is 31.7. The lowest BCUT2D eigenvalue weighted by Gasteiger charge is -2.27. The lowest BCUT2D eigenvalue weighted by atomic mass is 10.0. The first-order valence-electron chi connectivity index (χ1n) is 4.25. The SMILES string of the molecule is C=CCC[C@H]1OCCC[C@@H]1O. The second-order valence-electron chi connectivity index (χ2n) is 2.98. The summed E-state index contributed by atoms with van der Waals surface area (Å²) in [5.41, 5.74) is 0. The van der Waals surface area contributed by atoms with E-state index in [9.17, 15) is 5.11 Å². The molecule has 2 heteroatoms. The van der Waals surface area contributed by atoms with Gasteiger partial charge in [0.2, 0.25) is 0 Å². The molecule has 2 atom stereocenters. The molecule has 0 amide bonds. The maximum absolute atomic E-state index is 9.44. The monoisotopic (exact) mass is 156 g/mol. The highest BCUT2D eigenvalue weighted by atomic mass is 16.5. The summed E-state index contributed by atoms with van der Waals surface area (Å²) in [5.74, 6) is 0. The van der Waals surface area contributed by atoms with Crippen LogP contribution in [0.15, 0.2) is 12.7 Å². The summed E-state index contributed by atoms with van der Waals surface area (Å²) in [6.45, 7) is 4.44. The van der Waals surface area contributed by atoms with E-state index in [1.165, 1.54) is 0 Å². The molecule has 2 nitrogen and oxygen atoms in total. The first-order chi connectivity index (χ1) is 5.34. The van der Waals surface area contributed by atoms with E-state index in [1.54, 1.807) is 0 Å². The fourth-order valence-corrected chi connectivity index (χ4v) is 1.38. The highest BCUT2D eigenvalue weighted by Gasteiger charge is 2.22. The third-order valence-corrected chi connectivity index (χ3v) is 2.06. The molecule has 1 saturated heterocycles. The van der Waals surface area contributed by atoms with Gasteiger partial charge in [-0.15, -0.1) is 6.58 Å². The van der Waals surface area contributed by atoms with Crippen molar-refractivity contribution in [3.05, 3.63) is 12.7 Å². The molecular formula is C9H16O2. The first-order valence-corrected chi connectivity index (χ1v) is 4.25. The molecule has 0 aromatic carbocycles. The molecule has 0 radical (unpaired) electrons. The first kappa shape index (κ1) is 8.75. The summed E-state index contributed by atoms with van der Waals surface area (Å²) >= 11 is 0. The molecule has 0 aliphatic carbocycles. The second kappa shape index (κ2) is 4.52. The second-order valence-corrected chi connectivity index (χ2v) is 2.98. The van der Waals surface area contributed by atoms with Crippen molar-refractivity contribution in [2.75, 3.05) is 6.61 Å². The Morgan fingerprint density at radius 3 is 3.09 bits per heavy atom. The van der Waals surface area contributed by atoms with Crippen molar-refractivity contribution in [2.24, 2.45) is 0 Å².